The fourth-order valence-corrected chi connectivity index (χ4v) is 1.93. The van der Waals surface area contributed by atoms with Crippen LogP contribution in [0.15, 0.2) is 0 Å². The van der Waals surface area contributed by atoms with Crippen molar-refractivity contribution in [2.75, 3.05) is 6.54 Å². The van der Waals surface area contributed by atoms with Crippen molar-refractivity contribution in [3.05, 3.63) is 0 Å². The highest BCUT2D eigenvalue weighted by Crippen LogP contribution is 2.29. The first-order valence-electron chi connectivity index (χ1n) is 5.84. The van der Waals surface area contributed by atoms with Gasteiger partial charge in [-0.1, -0.05) is 20.8 Å². The van der Waals surface area contributed by atoms with Crippen molar-refractivity contribution in [2.24, 2.45) is 5.92 Å². The van der Waals surface area contributed by atoms with E-state index in [2.05, 4.69) is 25.7 Å². The van der Waals surface area contributed by atoms with E-state index in [9.17, 15) is 4.79 Å². The van der Waals surface area contributed by atoms with Crippen LogP contribution in [0.3, 0.4) is 0 Å². The molecule has 1 rings (SSSR count). The standard InChI is InChI=1S/C12H23NO/c1-5-12(14)10(4)13(8-9(2)3)11-6-7-11/h9-11H,5-8H2,1-4H3. The maximum Gasteiger partial charge on any atom is 0.149 e. The normalized spacial score (nSPS) is 19.0. The van der Waals surface area contributed by atoms with Gasteiger partial charge in [0.2, 0.25) is 0 Å². The summed E-state index contributed by atoms with van der Waals surface area (Å²) < 4.78 is 0. The fraction of sp³-hybridized carbons (Fsp3) is 0.917. The van der Waals surface area contributed by atoms with Crippen molar-refractivity contribution in [3.8, 4) is 0 Å². The van der Waals surface area contributed by atoms with Gasteiger partial charge in [-0.15, -0.1) is 0 Å². The molecule has 1 aliphatic rings. The second-order valence-electron chi connectivity index (χ2n) is 4.82. The predicted molar refractivity (Wildman–Crippen MR) is 59.3 cm³/mol. The lowest BCUT2D eigenvalue weighted by atomic mass is 10.1. The van der Waals surface area contributed by atoms with Crippen LogP contribution in [0, 0.1) is 5.92 Å². The fourth-order valence-electron chi connectivity index (χ4n) is 1.93. The van der Waals surface area contributed by atoms with E-state index < -0.39 is 0 Å². The van der Waals surface area contributed by atoms with Crippen molar-refractivity contribution in [3.63, 3.8) is 0 Å². The van der Waals surface area contributed by atoms with Gasteiger partial charge in [-0.05, 0) is 25.7 Å². The first-order valence-corrected chi connectivity index (χ1v) is 5.84. The molecule has 2 nitrogen and oxygen atoms in total. The number of hydrogen-bond donors (Lipinski definition) is 0. The number of carbonyl (C=O) groups excluding carboxylic acids is 1. The Morgan fingerprint density at radius 3 is 2.29 bits per heavy atom. The monoisotopic (exact) mass is 197 g/mol. The maximum atomic E-state index is 11.6. The van der Waals surface area contributed by atoms with Crippen LogP contribution in [0.5, 0.6) is 0 Å². The molecule has 1 atom stereocenters. The summed E-state index contributed by atoms with van der Waals surface area (Å²) in [6, 6.07) is 0.831. The molecule has 0 aliphatic heterocycles. The molecule has 0 radical (unpaired) electrons. The Bertz CT molecular complexity index is 196. The average Bonchev–Trinajstić information content (AvgIpc) is 2.94. The van der Waals surface area contributed by atoms with Crippen molar-refractivity contribution in [1.29, 1.82) is 0 Å². The zero-order valence-electron chi connectivity index (χ0n) is 9.92. The first-order chi connectivity index (χ1) is 6.56. The van der Waals surface area contributed by atoms with Gasteiger partial charge in [0.05, 0.1) is 6.04 Å². The summed E-state index contributed by atoms with van der Waals surface area (Å²) in [5.41, 5.74) is 0. The molecule has 14 heavy (non-hydrogen) atoms. The van der Waals surface area contributed by atoms with Crippen molar-refractivity contribution >= 4 is 5.78 Å². The number of ketones is 1. The molecule has 1 aliphatic carbocycles. The van der Waals surface area contributed by atoms with E-state index >= 15 is 0 Å². The summed E-state index contributed by atoms with van der Waals surface area (Å²) in [5, 5.41) is 0. The highest BCUT2D eigenvalue weighted by molar-refractivity contribution is 5.83. The van der Waals surface area contributed by atoms with Gasteiger partial charge in [-0.25, -0.2) is 0 Å². The predicted octanol–water partition coefficient (Wildman–Crippen LogP) is 2.47. The topological polar surface area (TPSA) is 20.3 Å². The molecular formula is C12H23NO. The molecule has 1 fully saturated rings. The largest absolute Gasteiger partial charge is 0.298 e. The molecule has 0 bridgehead atoms. The van der Waals surface area contributed by atoms with Crippen molar-refractivity contribution < 1.29 is 4.79 Å². The van der Waals surface area contributed by atoms with Gasteiger partial charge >= 0.3 is 0 Å². The summed E-state index contributed by atoms with van der Waals surface area (Å²) in [6.07, 6.45) is 3.24. The highest BCUT2D eigenvalue weighted by Gasteiger charge is 2.34. The van der Waals surface area contributed by atoms with Crippen LogP contribution in [0.1, 0.15) is 47.0 Å². The van der Waals surface area contributed by atoms with Gasteiger partial charge < -0.3 is 0 Å². The summed E-state index contributed by atoms with van der Waals surface area (Å²) in [6.45, 7) is 9.53. The molecular weight excluding hydrogens is 174 g/mol. The Morgan fingerprint density at radius 2 is 1.93 bits per heavy atom. The van der Waals surface area contributed by atoms with E-state index in [4.69, 9.17) is 0 Å². The molecule has 0 aromatic heterocycles. The number of carbonyl (C=O) groups is 1. The lowest BCUT2D eigenvalue weighted by Gasteiger charge is -2.29. The van der Waals surface area contributed by atoms with Crippen LogP contribution in [0.25, 0.3) is 0 Å². The molecule has 0 heterocycles. The molecule has 0 aromatic rings. The second-order valence-corrected chi connectivity index (χ2v) is 4.82. The lowest BCUT2D eigenvalue weighted by Crippen LogP contribution is -2.42. The van der Waals surface area contributed by atoms with Gasteiger partial charge in [0, 0.05) is 19.0 Å². The van der Waals surface area contributed by atoms with Crippen LogP contribution in [-0.4, -0.2) is 29.3 Å². The van der Waals surface area contributed by atoms with E-state index in [1.807, 2.05) is 6.92 Å². The van der Waals surface area contributed by atoms with Crippen molar-refractivity contribution in [1.82, 2.24) is 4.90 Å². The van der Waals surface area contributed by atoms with E-state index in [1.54, 1.807) is 0 Å². The van der Waals surface area contributed by atoms with Gasteiger partial charge in [0.1, 0.15) is 5.78 Å². The van der Waals surface area contributed by atoms with Gasteiger partial charge in [-0.3, -0.25) is 9.69 Å². The Kier molecular flexibility index (Phi) is 4.11. The summed E-state index contributed by atoms with van der Waals surface area (Å²) in [7, 11) is 0. The van der Waals surface area contributed by atoms with E-state index in [0.29, 0.717) is 24.2 Å². The SMILES string of the molecule is CCC(=O)C(C)N(CC(C)C)C1CC1. The van der Waals surface area contributed by atoms with Crippen LogP contribution in [0.4, 0.5) is 0 Å². The summed E-state index contributed by atoms with van der Waals surface area (Å²) in [5.74, 6) is 1.04. The van der Waals surface area contributed by atoms with Crippen LogP contribution < -0.4 is 0 Å². The molecule has 0 N–H and O–H groups in total. The Labute approximate surface area is 87.7 Å². The Balaban J connectivity index is 2.52. The molecule has 82 valence electrons. The van der Waals surface area contributed by atoms with Gasteiger partial charge in [0.25, 0.3) is 0 Å². The number of rotatable bonds is 6. The molecule has 0 saturated heterocycles. The molecule has 2 heteroatoms. The zero-order chi connectivity index (χ0) is 10.7. The van der Waals surface area contributed by atoms with E-state index in [-0.39, 0.29) is 6.04 Å². The molecule has 1 saturated carbocycles. The Morgan fingerprint density at radius 1 is 1.36 bits per heavy atom. The smallest absolute Gasteiger partial charge is 0.149 e. The van der Waals surface area contributed by atoms with Gasteiger partial charge in [0.15, 0.2) is 0 Å². The number of nitrogens with zero attached hydrogens (tertiary/aromatic N) is 1. The zero-order valence-corrected chi connectivity index (χ0v) is 9.92. The minimum atomic E-state index is 0.134. The van der Waals surface area contributed by atoms with Crippen LogP contribution in [-0.2, 0) is 4.79 Å². The van der Waals surface area contributed by atoms with E-state index in [0.717, 1.165) is 6.54 Å². The quantitative estimate of drug-likeness (QED) is 0.652. The molecule has 0 spiro atoms. The minimum Gasteiger partial charge on any atom is -0.298 e. The third-order valence-corrected chi connectivity index (χ3v) is 2.90. The third kappa shape index (κ3) is 3.09. The highest BCUT2D eigenvalue weighted by atomic mass is 16.1. The first kappa shape index (κ1) is 11.7. The number of Topliss-reactive ketones (excluding diaryl/α,β-unsaturated/α-hetero) is 1. The van der Waals surface area contributed by atoms with E-state index in [1.165, 1.54) is 12.8 Å². The number of hydrogen-bond acceptors (Lipinski definition) is 2. The van der Waals surface area contributed by atoms with Crippen molar-refractivity contribution in [2.45, 2.75) is 59.0 Å². The second kappa shape index (κ2) is 4.92. The molecule has 0 aromatic carbocycles. The minimum absolute atomic E-state index is 0.134. The lowest BCUT2D eigenvalue weighted by molar-refractivity contribution is -0.123. The maximum absolute atomic E-state index is 11.6. The summed E-state index contributed by atoms with van der Waals surface area (Å²) in [4.78, 5) is 14.0. The Hall–Kier alpha value is -0.370. The van der Waals surface area contributed by atoms with Crippen LogP contribution in [0.2, 0.25) is 0 Å². The third-order valence-electron chi connectivity index (χ3n) is 2.90. The van der Waals surface area contributed by atoms with Gasteiger partial charge in [-0.2, -0.15) is 0 Å². The summed E-state index contributed by atoms with van der Waals surface area (Å²) >= 11 is 0. The average molecular weight is 197 g/mol. The molecule has 1 unspecified atom stereocenters. The molecule has 0 amide bonds. The van der Waals surface area contributed by atoms with Crippen LogP contribution >= 0.6 is 0 Å².